The van der Waals surface area contributed by atoms with Crippen LogP contribution in [0.4, 0.5) is 0 Å². The molecule has 0 atom stereocenters. The van der Waals surface area contributed by atoms with Crippen LogP contribution in [-0.4, -0.2) is 17.1 Å². The molecule has 0 saturated heterocycles. The molecule has 0 radical (unpaired) electrons. The molecule has 1 aromatic rings. The highest BCUT2D eigenvalue weighted by Crippen LogP contribution is 1.93. The largest absolute Gasteiger partial charge is 1.00 e. The van der Waals surface area contributed by atoms with E-state index in [9.17, 15) is 4.79 Å². The van der Waals surface area contributed by atoms with Gasteiger partial charge in [-0.2, -0.15) is 0 Å². The fourth-order valence-corrected chi connectivity index (χ4v) is 1.19. The first-order valence-electron chi connectivity index (χ1n) is 5.15. The molecule has 0 unspecified atom stereocenters. The van der Waals surface area contributed by atoms with E-state index in [2.05, 4.69) is 13.2 Å². The molecule has 0 fully saturated rings. The molecule has 1 heterocycles. The number of nitrogens with zero attached hydrogens (tertiary/aromatic N) is 2. The smallest absolute Gasteiger partial charge is 0.333 e. The van der Waals surface area contributed by atoms with E-state index in [0.29, 0.717) is 12.2 Å². The van der Waals surface area contributed by atoms with Crippen molar-refractivity contribution in [1.82, 2.24) is 4.57 Å². The minimum absolute atomic E-state index is 0. The Morgan fingerprint density at radius 1 is 1.59 bits per heavy atom. The van der Waals surface area contributed by atoms with Crippen LogP contribution in [-0.2, 0) is 16.1 Å². The summed E-state index contributed by atoms with van der Waals surface area (Å²) in [6, 6.07) is 0. The molecule has 0 spiro atoms. The molecule has 0 aromatic carbocycles. The summed E-state index contributed by atoms with van der Waals surface area (Å²) in [7, 11) is 0. The number of imidazole rings is 1. The normalized spacial score (nSPS) is 9.24. The molecule has 1 aromatic heterocycles. The van der Waals surface area contributed by atoms with E-state index < -0.39 is 0 Å². The molecule has 0 aliphatic carbocycles. The van der Waals surface area contributed by atoms with Crippen molar-refractivity contribution in [2.75, 3.05) is 6.61 Å². The molecule has 4 nitrogen and oxygen atoms in total. The minimum Gasteiger partial charge on any atom is -1.00 e. The van der Waals surface area contributed by atoms with Gasteiger partial charge in [0, 0.05) is 12.0 Å². The quantitative estimate of drug-likeness (QED) is 0.274. The Kier molecular flexibility index (Phi) is 7.21. The van der Waals surface area contributed by atoms with Crippen molar-refractivity contribution in [3.05, 3.63) is 37.5 Å². The number of carbonyl (C=O) groups is 1. The van der Waals surface area contributed by atoms with Crippen molar-refractivity contribution in [3.63, 3.8) is 0 Å². The number of hydrogen-bond acceptors (Lipinski definition) is 2. The van der Waals surface area contributed by atoms with Crippen molar-refractivity contribution in [2.24, 2.45) is 0 Å². The molecular formula is C12H17BrN2O2. The van der Waals surface area contributed by atoms with Gasteiger partial charge in [0.25, 0.3) is 0 Å². The predicted octanol–water partition coefficient (Wildman–Crippen LogP) is -1.61. The van der Waals surface area contributed by atoms with Crippen LogP contribution in [0.25, 0.3) is 6.20 Å². The van der Waals surface area contributed by atoms with E-state index in [1.807, 2.05) is 27.9 Å². The topological polar surface area (TPSA) is 35.1 Å². The highest BCUT2D eigenvalue weighted by atomic mass is 79.9. The second-order valence-corrected chi connectivity index (χ2v) is 3.55. The van der Waals surface area contributed by atoms with E-state index in [-0.39, 0.29) is 23.0 Å². The average molecular weight is 301 g/mol. The molecule has 0 saturated carbocycles. The SMILES string of the molecule is C=Cn1cc[n+](CCCOC(=O)C(=C)C)c1.[Br-]. The number of halogens is 1. The Bertz CT molecular complexity index is 399. The number of aromatic nitrogens is 2. The van der Waals surface area contributed by atoms with Gasteiger partial charge in [0.05, 0.1) is 19.4 Å². The second-order valence-electron chi connectivity index (χ2n) is 3.55. The summed E-state index contributed by atoms with van der Waals surface area (Å²) in [5.41, 5.74) is 0.436. The van der Waals surface area contributed by atoms with Crippen LogP contribution >= 0.6 is 0 Å². The standard InChI is InChI=1S/C12H17N2O2.BrH/c1-4-13-7-8-14(10-13)6-5-9-16-12(15)11(2)3;/h4,7-8,10H,1-2,5-6,9H2,3H3;1H/q+1;/p-1. The van der Waals surface area contributed by atoms with E-state index in [0.717, 1.165) is 13.0 Å². The molecule has 94 valence electrons. The fourth-order valence-electron chi connectivity index (χ4n) is 1.19. The molecule has 1 rings (SSSR count). The summed E-state index contributed by atoms with van der Waals surface area (Å²) < 4.78 is 8.85. The summed E-state index contributed by atoms with van der Waals surface area (Å²) in [5, 5.41) is 0. The highest BCUT2D eigenvalue weighted by Gasteiger charge is 2.04. The number of hydrogen-bond donors (Lipinski definition) is 0. The molecule has 5 heteroatoms. The number of esters is 1. The molecular weight excluding hydrogens is 284 g/mol. The molecule has 0 bridgehead atoms. The van der Waals surface area contributed by atoms with Crippen molar-refractivity contribution in [2.45, 2.75) is 19.9 Å². The average Bonchev–Trinajstić information content (AvgIpc) is 2.71. The highest BCUT2D eigenvalue weighted by molar-refractivity contribution is 5.86. The Labute approximate surface area is 112 Å². The van der Waals surface area contributed by atoms with Crippen LogP contribution < -0.4 is 21.5 Å². The van der Waals surface area contributed by atoms with Crippen molar-refractivity contribution >= 4 is 12.2 Å². The van der Waals surface area contributed by atoms with E-state index in [4.69, 9.17) is 4.74 Å². The zero-order chi connectivity index (χ0) is 12.0. The van der Waals surface area contributed by atoms with Crippen LogP contribution in [0.15, 0.2) is 37.5 Å². The zero-order valence-electron chi connectivity index (χ0n) is 9.93. The third kappa shape index (κ3) is 5.49. The van der Waals surface area contributed by atoms with Gasteiger partial charge < -0.3 is 21.7 Å². The Hall–Kier alpha value is -1.36. The Balaban J connectivity index is 0.00000256. The van der Waals surface area contributed by atoms with Crippen LogP contribution in [0.1, 0.15) is 13.3 Å². The van der Waals surface area contributed by atoms with E-state index in [1.165, 1.54) is 0 Å². The second kappa shape index (κ2) is 7.84. The predicted molar refractivity (Wildman–Crippen MR) is 61.4 cm³/mol. The fraction of sp³-hybridized carbons (Fsp3) is 0.333. The lowest BCUT2D eigenvalue weighted by Crippen LogP contribution is -3.00. The lowest BCUT2D eigenvalue weighted by molar-refractivity contribution is -0.696. The third-order valence-corrected chi connectivity index (χ3v) is 2.07. The van der Waals surface area contributed by atoms with Crippen LogP contribution in [0.5, 0.6) is 0 Å². The van der Waals surface area contributed by atoms with Crippen LogP contribution in [0.3, 0.4) is 0 Å². The van der Waals surface area contributed by atoms with Gasteiger partial charge in [-0.05, 0) is 6.92 Å². The first kappa shape index (κ1) is 15.6. The first-order valence-corrected chi connectivity index (χ1v) is 5.15. The monoisotopic (exact) mass is 300 g/mol. The van der Waals surface area contributed by atoms with Gasteiger partial charge in [0.1, 0.15) is 12.4 Å². The summed E-state index contributed by atoms with van der Waals surface area (Å²) >= 11 is 0. The minimum atomic E-state index is -0.325. The maximum Gasteiger partial charge on any atom is 0.333 e. The van der Waals surface area contributed by atoms with Gasteiger partial charge in [-0.25, -0.2) is 13.9 Å². The van der Waals surface area contributed by atoms with E-state index >= 15 is 0 Å². The molecule has 0 aliphatic heterocycles. The van der Waals surface area contributed by atoms with Gasteiger partial charge >= 0.3 is 5.97 Å². The third-order valence-electron chi connectivity index (χ3n) is 2.07. The van der Waals surface area contributed by atoms with Crippen LogP contribution in [0, 0.1) is 0 Å². The Morgan fingerprint density at radius 2 is 2.29 bits per heavy atom. The zero-order valence-corrected chi connectivity index (χ0v) is 11.5. The molecule has 0 amide bonds. The van der Waals surface area contributed by atoms with Gasteiger partial charge in [-0.3, -0.25) is 0 Å². The first-order chi connectivity index (χ1) is 7.63. The number of ether oxygens (including phenoxy) is 1. The summed E-state index contributed by atoms with van der Waals surface area (Å²) in [6.07, 6.45) is 8.28. The maximum absolute atomic E-state index is 11.1. The van der Waals surface area contributed by atoms with Crippen molar-refractivity contribution in [1.29, 1.82) is 0 Å². The summed E-state index contributed by atoms with van der Waals surface area (Å²) in [6.45, 7) is 10.0. The van der Waals surface area contributed by atoms with E-state index in [1.54, 1.807) is 13.1 Å². The lowest BCUT2D eigenvalue weighted by atomic mass is 10.3. The van der Waals surface area contributed by atoms with Gasteiger partial charge in [-0.15, -0.1) is 0 Å². The van der Waals surface area contributed by atoms with Gasteiger partial charge in [0.2, 0.25) is 6.33 Å². The van der Waals surface area contributed by atoms with Crippen LogP contribution in [0.2, 0.25) is 0 Å². The number of aryl methyl sites for hydroxylation is 1. The van der Waals surface area contributed by atoms with Crippen molar-refractivity contribution < 1.29 is 31.1 Å². The van der Waals surface area contributed by atoms with Crippen molar-refractivity contribution in [3.8, 4) is 0 Å². The maximum atomic E-state index is 11.1. The Morgan fingerprint density at radius 3 is 2.82 bits per heavy atom. The molecule has 0 aliphatic rings. The van der Waals surface area contributed by atoms with Gasteiger partial charge in [0.15, 0.2) is 0 Å². The summed E-state index contributed by atoms with van der Waals surface area (Å²) in [4.78, 5) is 11.1. The van der Waals surface area contributed by atoms with Gasteiger partial charge in [-0.1, -0.05) is 13.2 Å². The number of rotatable bonds is 6. The summed E-state index contributed by atoms with van der Waals surface area (Å²) in [5.74, 6) is -0.325. The number of carbonyl (C=O) groups excluding carboxylic acids is 1. The lowest BCUT2D eigenvalue weighted by Gasteiger charge is -2.02. The molecule has 0 N–H and O–H groups in total. The molecule has 17 heavy (non-hydrogen) atoms.